The molecule has 0 aliphatic heterocycles. The molecule has 0 unspecified atom stereocenters. The maximum absolute atomic E-state index is 11.6. The van der Waals surface area contributed by atoms with Gasteiger partial charge in [0.15, 0.2) is 0 Å². The molecule has 21 heavy (non-hydrogen) atoms. The number of rotatable bonds is 4. The number of aromatic nitrogens is 1. The van der Waals surface area contributed by atoms with Crippen molar-refractivity contribution in [3.8, 4) is 6.07 Å². The Morgan fingerprint density at radius 1 is 1.52 bits per heavy atom. The Morgan fingerprint density at radius 2 is 2.14 bits per heavy atom. The van der Waals surface area contributed by atoms with Gasteiger partial charge >= 0.3 is 12.1 Å². The molecule has 1 heterocycles. The molecule has 1 aromatic rings. The van der Waals surface area contributed by atoms with E-state index in [0.717, 1.165) is 0 Å². The summed E-state index contributed by atoms with van der Waals surface area (Å²) in [6.07, 6.45) is 0.946. The highest BCUT2D eigenvalue weighted by atomic mass is 16.6. The molecule has 0 spiro atoms. The summed E-state index contributed by atoms with van der Waals surface area (Å²) < 4.78 is 6.63. The van der Waals surface area contributed by atoms with Crippen molar-refractivity contribution in [3.63, 3.8) is 0 Å². The highest BCUT2D eigenvalue weighted by molar-refractivity contribution is 5.80. The summed E-state index contributed by atoms with van der Waals surface area (Å²) in [6.45, 7) is 5.08. The molecular weight excluding hydrogens is 274 g/mol. The topological polar surface area (TPSA) is 104 Å². The molecule has 0 aromatic carbocycles. The lowest BCUT2D eigenvalue weighted by Gasteiger charge is -2.21. The van der Waals surface area contributed by atoms with E-state index in [1.165, 1.54) is 0 Å². The van der Waals surface area contributed by atoms with E-state index < -0.39 is 23.7 Å². The second kappa shape index (κ2) is 6.31. The van der Waals surface area contributed by atoms with Gasteiger partial charge in [-0.15, -0.1) is 0 Å². The molecule has 1 amide bonds. The van der Waals surface area contributed by atoms with Gasteiger partial charge in [0.05, 0.1) is 0 Å². The molecule has 0 aliphatic carbocycles. The minimum absolute atomic E-state index is 0.0735. The van der Waals surface area contributed by atoms with Crippen LogP contribution in [0.25, 0.3) is 0 Å². The third-order valence-electron chi connectivity index (χ3n) is 2.61. The monoisotopic (exact) mass is 293 g/mol. The third kappa shape index (κ3) is 5.18. The fourth-order valence-electron chi connectivity index (χ4n) is 1.74. The van der Waals surface area contributed by atoms with Gasteiger partial charge in [0.25, 0.3) is 0 Å². The molecule has 0 fully saturated rings. The Balaban J connectivity index is 2.76. The van der Waals surface area contributed by atoms with Crippen LogP contribution in [0.15, 0.2) is 12.3 Å². The van der Waals surface area contributed by atoms with Crippen molar-refractivity contribution in [1.29, 1.82) is 5.26 Å². The van der Waals surface area contributed by atoms with Gasteiger partial charge in [-0.3, -0.25) is 0 Å². The van der Waals surface area contributed by atoms with Gasteiger partial charge < -0.3 is 19.7 Å². The summed E-state index contributed by atoms with van der Waals surface area (Å²) in [7, 11) is 1.69. The number of nitrogens with zero attached hydrogens (tertiary/aromatic N) is 2. The molecule has 7 heteroatoms. The molecule has 2 N–H and O–H groups in total. The quantitative estimate of drug-likeness (QED) is 0.873. The Kier molecular flexibility index (Phi) is 4.97. The number of carboxylic acid groups (broad SMARTS) is 1. The average Bonchev–Trinajstić information content (AvgIpc) is 2.66. The zero-order valence-corrected chi connectivity index (χ0v) is 12.5. The van der Waals surface area contributed by atoms with Crippen molar-refractivity contribution >= 4 is 12.1 Å². The molecule has 0 saturated carbocycles. The van der Waals surface area contributed by atoms with Crippen molar-refractivity contribution in [3.05, 3.63) is 23.5 Å². The number of carbonyl (C=O) groups excluding carboxylic acids is 1. The van der Waals surface area contributed by atoms with Gasteiger partial charge in [0.1, 0.15) is 23.4 Å². The summed E-state index contributed by atoms with van der Waals surface area (Å²) >= 11 is 0. The lowest BCUT2D eigenvalue weighted by Crippen LogP contribution is -2.44. The van der Waals surface area contributed by atoms with Crippen LogP contribution in [0.1, 0.15) is 32.0 Å². The summed E-state index contributed by atoms with van der Waals surface area (Å²) in [5.74, 6) is -1.16. The smallest absolute Gasteiger partial charge is 0.408 e. The number of carboxylic acids is 1. The molecule has 7 nitrogen and oxygen atoms in total. The number of ether oxygens (including phenoxy) is 1. The first-order valence-corrected chi connectivity index (χ1v) is 6.40. The van der Waals surface area contributed by atoms with Crippen LogP contribution in [-0.4, -0.2) is 33.4 Å². The predicted octanol–water partition coefficient (Wildman–Crippen LogP) is 1.42. The van der Waals surface area contributed by atoms with E-state index in [4.69, 9.17) is 10.00 Å². The van der Waals surface area contributed by atoms with E-state index in [0.29, 0.717) is 11.3 Å². The average molecular weight is 293 g/mol. The molecule has 0 bridgehead atoms. The molecule has 0 saturated heterocycles. The fourth-order valence-corrected chi connectivity index (χ4v) is 1.74. The van der Waals surface area contributed by atoms with E-state index >= 15 is 0 Å². The number of hydrogen-bond donors (Lipinski definition) is 2. The van der Waals surface area contributed by atoms with Crippen LogP contribution in [-0.2, 0) is 23.0 Å². The maximum atomic E-state index is 11.6. The zero-order valence-electron chi connectivity index (χ0n) is 12.5. The van der Waals surface area contributed by atoms with Crippen LogP contribution in [0.2, 0.25) is 0 Å². The summed E-state index contributed by atoms with van der Waals surface area (Å²) in [5, 5.41) is 20.4. The van der Waals surface area contributed by atoms with Crippen molar-refractivity contribution in [2.24, 2.45) is 7.05 Å². The van der Waals surface area contributed by atoms with Crippen LogP contribution in [0.4, 0.5) is 4.79 Å². The van der Waals surface area contributed by atoms with Crippen LogP contribution >= 0.6 is 0 Å². The number of hydrogen-bond acceptors (Lipinski definition) is 4. The van der Waals surface area contributed by atoms with Gasteiger partial charge in [0, 0.05) is 19.7 Å². The molecule has 1 rings (SSSR count). The summed E-state index contributed by atoms with van der Waals surface area (Å²) in [4.78, 5) is 22.9. The first-order valence-electron chi connectivity index (χ1n) is 6.40. The highest BCUT2D eigenvalue weighted by Gasteiger charge is 2.24. The van der Waals surface area contributed by atoms with Gasteiger partial charge in [-0.25, -0.2) is 9.59 Å². The SMILES string of the molecule is Cn1cc(C[C@H](NC(=O)OC(C)(C)C)C(=O)O)cc1C#N. The first kappa shape index (κ1) is 16.6. The van der Waals surface area contributed by atoms with Gasteiger partial charge in [-0.05, 0) is 32.4 Å². The second-order valence-corrected chi connectivity index (χ2v) is 5.70. The lowest BCUT2D eigenvalue weighted by atomic mass is 10.1. The number of aryl methyl sites for hydroxylation is 1. The number of amides is 1. The number of nitrogens with one attached hydrogen (secondary N) is 1. The number of alkyl carbamates (subject to hydrolysis) is 1. The number of nitriles is 1. The largest absolute Gasteiger partial charge is 0.480 e. The third-order valence-corrected chi connectivity index (χ3v) is 2.61. The van der Waals surface area contributed by atoms with Crippen molar-refractivity contribution < 1.29 is 19.4 Å². The summed E-state index contributed by atoms with van der Waals surface area (Å²) in [6, 6.07) is 2.47. The number of carbonyl (C=O) groups is 2. The molecular formula is C14H19N3O4. The van der Waals surface area contributed by atoms with Crippen LogP contribution in [0.5, 0.6) is 0 Å². The highest BCUT2D eigenvalue weighted by Crippen LogP contribution is 2.11. The van der Waals surface area contributed by atoms with Crippen LogP contribution < -0.4 is 5.32 Å². The van der Waals surface area contributed by atoms with E-state index in [1.54, 1.807) is 44.6 Å². The van der Waals surface area contributed by atoms with Gasteiger partial charge in [0.2, 0.25) is 0 Å². The van der Waals surface area contributed by atoms with Crippen molar-refractivity contribution in [2.75, 3.05) is 0 Å². The van der Waals surface area contributed by atoms with Crippen molar-refractivity contribution in [1.82, 2.24) is 9.88 Å². The minimum atomic E-state index is -1.16. The first-order chi connectivity index (χ1) is 9.62. The molecule has 114 valence electrons. The maximum Gasteiger partial charge on any atom is 0.408 e. The standard InChI is InChI=1S/C14H19N3O4/c1-14(2,3)21-13(20)16-11(12(18)19)6-9-5-10(7-15)17(4)8-9/h5,8,11H,6H2,1-4H3,(H,16,20)(H,18,19)/t11-/m0/s1. The van der Waals surface area contributed by atoms with Crippen LogP contribution in [0, 0.1) is 11.3 Å². The van der Waals surface area contributed by atoms with Gasteiger partial charge in [-0.2, -0.15) is 5.26 Å². The second-order valence-electron chi connectivity index (χ2n) is 5.70. The van der Waals surface area contributed by atoms with E-state index in [-0.39, 0.29) is 6.42 Å². The van der Waals surface area contributed by atoms with Gasteiger partial charge in [-0.1, -0.05) is 0 Å². The normalized spacial score (nSPS) is 12.3. The predicted molar refractivity (Wildman–Crippen MR) is 74.6 cm³/mol. The molecule has 1 aromatic heterocycles. The molecule has 0 radical (unpaired) electrons. The Hall–Kier alpha value is -2.49. The summed E-state index contributed by atoms with van der Waals surface area (Å²) in [5.41, 5.74) is 0.373. The fraction of sp³-hybridized carbons (Fsp3) is 0.500. The Labute approximate surface area is 123 Å². The molecule has 0 aliphatic rings. The molecule has 1 atom stereocenters. The number of aliphatic carboxylic acids is 1. The minimum Gasteiger partial charge on any atom is -0.480 e. The lowest BCUT2D eigenvalue weighted by molar-refractivity contribution is -0.139. The van der Waals surface area contributed by atoms with E-state index in [2.05, 4.69) is 5.32 Å². The zero-order chi connectivity index (χ0) is 16.2. The van der Waals surface area contributed by atoms with Crippen LogP contribution in [0.3, 0.4) is 0 Å². The Morgan fingerprint density at radius 3 is 2.57 bits per heavy atom. The Bertz CT molecular complexity index is 578. The van der Waals surface area contributed by atoms with E-state index in [1.807, 2.05) is 6.07 Å². The van der Waals surface area contributed by atoms with E-state index in [9.17, 15) is 14.7 Å². The van der Waals surface area contributed by atoms with Crippen molar-refractivity contribution in [2.45, 2.75) is 38.8 Å².